The van der Waals surface area contributed by atoms with Crippen molar-refractivity contribution < 1.29 is 14.6 Å². The molecule has 1 unspecified atom stereocenters. The quantitative estimate of drug-likeness (QED) is 0.717. The average Bonchev–Trinajstić information content (AvgIpc) is 3.11. The molecule has 2 fully saturated rings. The summed E-state index contributed by atoms with van der Waals surface area (Å²) >= 11 is 0. The number of rotatable bonds is 7. The fraction of sp³-hybridized carbons (Fsp3) is 0.933. The Morgan fingerprint density at radius 1 is 1.32 bits per heavy atom. The van der Waals surface area contributed by atoms with Crippen molar-refractivity contribution in [3.63, 3.8) is 0 Å². The van der Waals surface area contributed by atoms with Gasteiger partial charge >= 0.3 is 0 Å². The third-order valence-corrected chi connectivity index (χ3v) is 4.69. The van der Waals surface area contributed by atoms with Gasteiger partial charge in [0, 0.05) is 32.2 Å². The fourth-order valence-corrected chi connectivity index (χ4v) is 3.25. The maximum absolute atomic E-state index is 12.5. The molecular formula is C15H27NO3. The number of unbranched alkanes of at least 4 members (excludes halogenated alkanes) is 2. The molecule has 1 spiro atoms. The molecule has 0 radical (unpaired) electrons. The van der Waals surface area contributed by atoms with Gasteiger partial charge in [-0.1, -0.05) is 19.8 Å². The lowest BCUT2D eigenvalue weighted by Gasteiger charge is -2.26. The zero-order chi connectivity index (χ0) is 13.7. The van der Waals surface area contributed by atoms with E-state index in [2.05, 4.69) is 6.92 Å². The molecule has 1 amide bonds. The molecule has 1 saturated heterocycles. The monoisotopic (exact) mass is 269 g/mol. The van der Waals surface area contributed by atoms with Crippen LogP contribution in [0.15, 0.2) is 0 Å². The van der Waals surface area contributed by atoms with Crippen molar-refractivity contribution in [1.29, 1.82) is 0 Å². The smallest absolute Gasteiger partial charge is 0.226 e. The van der Waals surface area contributed by atoms with Gasteiger partial charge in [0.15, 0.2) is 0 Å². The molecule has 19 heavy (non-hydrogen) atoms. The normalized spacial score (nSPS) is 24.4. The summed E-state index contributed by atoms with van der Waals surface area (Å²) < 4.78 is 5.40. The number of aliphatic hydroxyl groups is 1. The average molecular weight is 269 g/mol. The Morgan fingerprint density at radius 2 is 2.05 bits per heavy atom. The molecule has 4 heteroatoms. The summed E-state index contributed by atoms with van der Waals surface area (Å²) in [5.74, 6) is 0.469. The molecule has 0 aromatic rings. The van der Waals surface area contributed by atoms with Crippen LogP contribution in [0, 0.1) is 11.3 Å². The first-order valence-corrected chi connectivity index (χ1v) is 7.71. The Labute approximate surface area is 116 Å². The maximum atomic E-state index is 12.5. The van der Waals surface area contributed by atoms with Crippen molar-refractivity contribution in [3.8, 4) is 0 Å². The van der Waals surface area contributed by atoms with Crippen LogP contribution >= 0.6 is 0 Å². The molecule has 1 N–H and O–H groups in total. The van der Waals surface area contributed by atoms with Crippen LogP contribution in [0.5, 0.6) is 0 Å². The topological polar surface area (TPSA) is 49.8 Å². The number of hydrogen-bond acceptors (Lipinski definition) is 3. The van der Waals surface area contributed by atoms with Crippen molar-refractivity contribution in [2.24, 2.45) is 11.3 Å². The molecule has 0 aromatic heterocycles. The van der Waals surface area contributed by atoms with Crippen LogP contribution in [0.4, 0.5) is 0 Å². The van der Waals surface area contributed by atoms with E-state index < -0.39 is 0 Å². The van der Waals surface area contributed by atoms with E-state index >= 15 is 0 Å². The summed E-state index contributed by atoms with van der Waals surface area (Å²) in [6.45, 7) is 5.14. The van der Waals surface area contributed by atoms with Gasteiger partial charge < -0.3 is 14.7 Å². The number of carbonyl (C=O) groups excluding carboxylic acids is 1. The highest BCUT2D eigenvalue weighted by molar-refractivity contribution is 5.82. The predicted octanol–water partition coefficient (Wildman–Crippen LogP) is 1.81. The molecule has 0 aromatic carbocycles. The molecule has 1 aliphatic carbocycles. The summed E-state index contributed by atoms with van der Waals surface area (Å²) in [5, 5.41) is 9.13. The van der Waals surface area contributed by atoms with E-state index in [1.54, 1.807) is 0 Å². The number of carbonyl (C=O) groups is 1. The standard InChI is InChI=1S/C15H27NO3/c1-2-3-4-7-16(8-9-17)14(18)13-12-15(13)5-10-19-11-6-15/h13,17H,2-12H2,1H3. The Hall–Kier alpha value is -0.610. The van der Waals surface area contributed by atoms with Gasteiger partial charge in [0.25, 0.3) is 0 Å². The summed E-state index contributed by atoms with van der Waals surface area (Å²) in [5.41, 5.74) is 0.244. The maximum Gasteiger partial charge on any atom is 0.226 e. The van der Waals surface area contributed by atoms with Gasteiger partial charge in [-0.05, 0) is 31.1 Å². The van der Waals surface area contributed by atoms with E-state index in [0.717, 1.165) is 58.3 Å². The number of amides is 1. The Balaban J connectivity index is 1.85. The number of aliphatic hydroxyl groups excluding tert-OH is 1. The minimum atomic E-state index is 0.0701. The van der Waals surface area contributed by atoms with E-state index in [0.29, 0.717) is 6.54 Å². The van der Waals surface area contributed by atoms with Crippen LogP contribution in [-0.4, -0.2) is 48.8 Å². The molecule has 1 aliphatic heterocycles. The predicted molar refractivity (Wildman–Crippen MR) is 73.8 cm³/mol. The third kappa shape index (κ3) is 3.48. The van der Waals surface area contributed by atoms with Gasteiger partial charge in [-0.25, -0.2) is 0 Å². The molecule has 4 nitrogen and oxygen atoms in total. The van der Waals surface area contributed by atoms with Gasteiger partial charge in [-0.15, -0.1) is 0 Å². The summed E-state index contributed by atoms with van der Waals surface area (Å²) in [7, 11) is 0. The van der Waals surface area contributed by atoms with Crippen molar-refractivity contribution in [1.82, 2.24) is 4.90 Å². The molecule has 1 heterocycles. The first kappa shape index (κ1) is 14.8. The van der Waals surface area contributed by atoms with Crippen molar-refractivity contribution in [3.05, 3.63) is 0 Å². The largest absolute Gasteiger partial charge is 0.395 e. The minimum absolute atomic E-state index is 0.0701. The molecule has 110 valence electrons. The zero-order valence-electron chi connectivity index (χ0n) is 12.1. The second kappa shape index (κ2) is 6.71. The number of ether oxygens (including phenoxy) is 1. The van der Waals surface area contributed by atoms with Crippen LogP contribution < -0.4 is 0 Å². The minimum Gasteiger partial charge on any atom is -0.395 e. The molecule has 0 bridgehead atoms. The van der Waals surface area contributed by atoms with Crippen LogP contribution in [0.3, 0.4) is 0 Å². The van der Waals surface area contributed by atoms with Crippen LogP contribution in [0.2, 0.25) is 0 Å². The summed E-state index contributed by atoms with van der Waals surface area (Å²) in [4.78, 5) is 14.4. The van der Waals surface area contributed by atoms with Crippen molar-refractivity contribution in [2.75, 3.05) is 32.9 Å². The third-order valence-electron chi connectivity index (χ3n) is 4.69. The van der Waals surface area contributed by atoms with Gasteiger partial charge in [0.1, 0.15) is 0 Å². The number of nitrogens with zero attached hydrogens (tertiary/aromatic N) is 1. The molecule has 2 aliphatic rings. The van der Waals surface area contributed by atoms with E-state index in [9.17, 15) is 4.79 Å². The lowest BCUT2D eigenvalue weighted by molar-refractivity contribution is -0.134. The Kier molecular flexibility index (Phi) is 5.22. The van der Waals surface area contributed by atoms with Crippen LogP contribution in [0.1, 0.15) is 45.4 Å². The van der Waals surface area contributed by atoms with E-state index in [4.69, 9.17) is 9.84 Å². The fourth-order valence-electron chi connectivity index (χ4n) is 3.25. The lowest BCUT2D eigenvalue weighted by atomic mass is 9.93. The highest BCUT2D eigenvalue weighted by Gasteiger charge is 2.58. The van der Waals surface area contributed by atoms with Gasteiger partial charge in [-0.3, -0.25) is 4.79 Å². The first-order valence-electron chi connectivity index (χ1n) is 7.71. The lowest BCUT2D eigenvalue weighted by Crippen LogP contribution is -2.37. The van der Waals surface area contributed by atoms with E-state index in [1.807, 2.05) is 4.90 Å². The van der Waals surface area contributed by atoms with Gasteiger partial charge in [0.05, 0.1) is 6.61 Å². The van der Waals surface area contributed by atoms with Crippen molar-refractivity contribution in [2.45, 2.75) is 45.4 Å². The highest BCUT2D eigenvalue weighted by Crippen LogP contribution is 2.59. The summed E-state index contributed by atoms with van der Waals surface area (Å²) in [6.07, 6.45) is 6.46. The molecule has 2 rings (SSSR count). The Bertz CT molecular complexity index is 300. The molecular weight excluding hydrogens is 242 g/mol. The first-order chi connectivity index (χ1) is 9.23. The molecule has 1 saturated carbocycles. The Morgan fingerprint density at radius 3 is 2.68 bits per heavy atom. The van der Waals surface area contributed by atoms with Gasteiger partial charge in [0.2, 0.25) is 5.91 Å². The van der Waals surface area contributed by atoms with Crippen molar-refractivity contribution >= 4 is 5.91 Å². The number of hydrogen-bond donors (Lipinski definition) is 1. The van der Waals surface area contributed by atoms with E-state index in [1.165, 1.54) is 0 Å². The zero-order valence-corrected chi connectivity index (χ0v) is 12.1. The van der Waals surface area contributed by atoms with Gasteiger partial charge in [-0.2, -0.15) is 0 Å². The van der Waals surface area contributed by atoms with Crippen LogP contribution in [0.25, 0.3) is 0 Å². The van der Waals surface area contributed by atoms with E-state index in [-0.39, 0.29) is 23.8 Å². The van der Waals surface area contributed by atoms with Crippen LogP contribution in [-0.2, 0) is 9.53 Å². The molecule has 1 atom stereocenters. The SMILES string of the molecule is CCCCCN(CCO)C(=O)C1CC12CCOCC2. The second-order valence-electron chi connectivity index (χ2n) is 5.99. The summed E-state index contributed by atoms with van der Waals surface area (Å²) in [6, 6.07) is 0. The highest BCUT2D eigenvalue weighted by atomic mass is 16.5. The second-order valence-corrected chi connectivity index (χ2v) is 5.99.